The van der Waals surface area contributed by atoms with Crippen LogP contribution >= 0.6 is 21.6 Å². The molecule has 0 unspecified atom stereocenters. The zero-order valence-electron chi connectivity index (χ0n) is 16.2. The quantitative estimate of drug-likeness (QED) is 0.245. The van der Waals surface area contributed by atoms with Crippen LogP contribution in [0.3, 0.4) is 0 Å². The van der Waals surface area contributed by atoms with Crippen LogP contribution in [0.15, 0.2) is 46.2 Å². The number of hydroxylamine groups is 2. The molecule has 0 spiro atoms. The van der Waals surface area contributed by atoms with Gasteiger partial charge in [-0.3, -0.25) is 29.8 Å². The van der Waals surface area contributed by atoms with Crippen LogP contribution in [0, 0.1) is 20.2 Å². The smallest absolute Gasteiger partial charge is 0.370 e. The molecule has 0 bridgehead atoms. The molecule has 0 saturated carbocycles. The Bertz CT molecular complexity index is 1200. The van der Waals surface area contributed by atoms with Crippen LogP contribution in [0.2, 0.25) is 0 Å². The zero-order chi connectivity index (χ0) is 24.3. The number of amides is 2. The van der Waals surface area contributed by atoms with Crippen LogP contribution in [0.5, 0.6) is 0 Å². The van der Waals surface area contributed by atoms with Crippen molar-refractivity contribution in [3.05, 3.63) is 67.8 Å². The number of carbonyl (C=O) groups excluding carboxylic acids is 3. The summed E-state index contributed by atoms with van der Waals surface area (Å²) in [5.41, 5.74) is -2.51. The predicted molar refractivity (Wildman–Crippen MR) is 111 cm³/mol. The summed E-state index contributed by atoms with van der Waals surface area (Å²) in [6.07, 6.45) is -0.316. The molecular weight excluding hydrogens is 482 g/mol. The van der Waals surface area contributed by atoms with Gasteiger partial charge in [-0.25, -0.2) is 9.59 Å². The summed E-state index contributed by atoms with van der Waals surface area (Å²) in [4.78, 5) is 72.9. The highest BCUT2D eigenvalue weighted by Crippen LogP contribution is 2.46. The lowest BCUT2D eigenvalue weighted by atomic mass is 10.2. The lowest BCUT2D eigenvalue weighted by Gasteiger charge is -2.13. The van der Waals surface area contributed by atoms with E-state index in [0.717, 1.165) is 12.1 Å². The third kappa shape index (κ3) is 4.93. The maximum atomic E-state index is 12.5. The summed E-state index contributed by atoms with van der Waals surface area (Å²) < 4.78 is 0. The number of carboxylic acids is 1. The Morgan fingerprint density at radius 2 is 1.33 bits per heavy atom. The molecule has 0 aromatic heterocycles. The standard InChI is InChI=1S/C18H11N3O10S2/c22-13-7-8-14(23)19(13)31-18(26)10-4-2-6-12(16(10)21(29)30)33-32-11-5-1-3-9(17(24)25)15(11)20(27)28/h1-6H,7-8H2,(H,24,25). The maximum Gasteiger partial charge on any atom is 0.370 e. The number of hydrogen-bond donors (Lipinski definition) is 1. The molecule has 13 nitrogen and oxygen atoms in total. The highest BCUT2D eigenvalue weighted by atomic mass is 33.1. The lowest BCUT2D eigenvalue weighted by molar-refractivity contribution is -0.388. The molecule has 0 aliphatic carbocycles. The van der Waals surface area contributed by atoms with Crippen LogP contribution in [0.1, 0.15) is 33.6 Å². The first kappa shape index (κ1) is 23.7. The third-order valence-corrected chi connectivity index (χ3v) is 6.64. The van der Waals surface area contributed by atoms with Crippen molar-refractivity contribution in [2.24, 2.45) is 0 Å². The number of nitrogens with zero attached hydrogens (tertiary/aromatic N) is 3. The van der Waals surface area contributed by atoms with Gasteiger partial charge in [-0.05, 0) is 45.9 Å². The van der Waals surface area contributed by atoms with Crippen LogP contribution in [-0.2, 0) is 14.4 Å². The van der Waals surface area contributed by atoms with E-state index < -0.39 is 56.1 Å². The van der Waals surface area contributed by atoms with Gasteiger partial charge in [-0.15, -0.1) is 5.06 Å². The molecule has 1 N–H and O–H groups in total. The molecule has 170 valence electrons. The molecule has 3 rings (SSSR count). The molecule has 1 saturated heterocycles. The second-order valence-corrected chi connectivity index (χ2v) is 8.46. The molecule has 1 fully saturated rings. The number of nitro benzene ring substituents is 2. The molecule has 1 heterocycles. The molecule has 0 radical (unpaired) electrons. The minimum Gasteiger partial charge on any atom is -0.477 e. The second kappa shape index (κ2) is 9.66. The van der Waals surface area contributed by atoms with Crippen molar-refractivity contribution in [2.45, 2.75) is 22.6 Å². The van der Waals surface area contributed by atoms with Gasteiger partial charge in [0.05, 0.1) is 19.6 Å². The van der Waals surface area contributed by atoms with E-state index >= 15 is 0 Å². The van der Waals surface area contributed by atoms with Gasteiger partial charge in [-0.1, -0.05) is 12.1 Å². The highest BCUT2D eigenvalue weighted by Gasteiger charge is 2.35. The summed E-state index contributed by atoms with van der Waals surface area (Å²) in [6, 6.07) is 7.22. The fourth-order valence-corrected chi connectivity index (χ4v) is 5.09. The Hall–Kier alpha value is -3.98. The van der Waals surface area contributed by atoms with Crippen molar-refractivity contribution < 1.29 is 39.0 Å². The normalized spacial score (nSPS) is 13.2. The number of para-hydroxylation sites is 2. The fourth-order valence-electron chi connectivity index (χ4n) is 2.77. The van der Waals surface area contributed by atoms with E-state index in [1.54, 1.807) is 0 Å². The Labute approximate surface area is 191 Å². The average molecular weight is 493 g/mol. The third-order valence-electron chi connectivity index (χ3n) is 4.21. The number of hydrogen-bond acceptors (Lipinski definition) is 11. The van der Waals surface area contributed by atoms with Crippen molar-refractivity contribution in [3.8, 4) is 0 Å². The van der Waals surface area contributed by atoms with Gasteiger partial charge in [0.1, 0.15) is 11.1 Å². The van der Waals surface area contributed by atoms with Crippen LogP contribution in [-0.4, -0.2) is 43.8 Å². The number of carbonyl (C=O) groups is 4. The topological polar surface area (TPSA) is 187 Å². The van der Waals surface area contributed by atoms with Crippen molar-refractivity contribution in [3.63, 3.8) is 0 Å². The van der Waals surface area contributed by atoms with E-state index in [1.807, 2.05) is 0 Å². The molecule has 2 amide bonds. The van der Waals surface area contributed by atoms with Gasteiger partial charge in [-0.2, -0.15) is 0 Å². The first-order valence-electron chi connectivity index (χ1n) is 8.82. The van der Waals surface area contributed by atoms with E-state index in [4.69, 9.17) is 4.84 Å². The van der Waals surface area contributed by atoms with Gasteiger partial charge >= 0.3 is 11.9 Å². The summed E-state index contributed by atoms with van der Waals surface area (Å²) >= 11 is 0. The summed E-state index contributed by atoms with van der Waals surface area (Å²) in [7, 11) is 1.36. The van der Waals surface area contributed by atoms with Crippen molar-refractivity contribution in [2.75, 3.05) is 0 Å². The zero-order valence-corrected chi connectivity index (χ0v) is 17.8. The molecule has 2 aromatic carbocycles. The van der Waals surface area contributed by atoms with E-state index in [0.29, 0.717) is 21.6 Å². The average Bonchev–Trinajstić information content (AvgIpc) is 3.08. The number of nitro groups is 2. The molecule has 15 heteroatoms. The summed E-state index contributed by atoms with van der Waals surface area (Å²) in [5.74, 6) is -4.35. The largest absolute Gasteiger partial charge is 0.477 e. The van der Waals surface area contributed by atoms with Gasteiger partial charge in [0.15, 0.2) is 0 Å². The van der Waals surface area contributed by atoms with Crippen LogP contribution in [0.25, 0.3) is 0 Å². The summed E-state index contributed by atoms with van der Waals surface area (Å²) in [5, 5.41) is 32.5. The van der Waals surface area contributed by atoms with Crippen LogP contribution < -0.4 is 0 Å². The van der Waals surface area contributed by atoms with Crippen molar-refractivity contribution >= 4 is 56.7 Å². The van der Waals surface area contributed by atoms with Gasteiger partial charge in [0.2, 0.25) is 0 Å². The Morgan fingerprint density at radius 3 is 1.79 bits per heavy atom. The van der Waals surface area contributed by atoms with Crippen LogP contribution in [0.4, 0.5) is 11.4 Å². The minimum atomic E-state index is -1.52. The number of aromatic carboxylic acids is 1. The monoisotopic (exact) mass is 493 g/mol. The van der Waals surface area contributed by atoms with Crippen molar-refractivity contribution in [1.82, 2.24) is 5.06 Å². The maximum absolute atomic E-state index is 12.5. The predicted octanol–water partition coefficient (Wildman–Crippen LogP) is 3.22. The first-order chi connectivity index (χ1) is 15.6. The Balaban J connectivity index is 1.92. The van der Waals surface area contributed by atoms with Gasteiger partial charge in [0, 0.05) is 12.8 Å². The molecule has 0 atom stereocenters. The fraction of sp³-hybridized carbons (Fsp3) is 0.111. The first-order valence-corrected chi connectivity index (χ1v) is 11.0. The number of benzene rings is 2. The summed E-state index contributed by atoms with van der Waals surface area (Å²) in [6.45, 7) is 0. The van der Waals surface area contributed by atoms with E-state index in [1.165, 1.54) is 24.3 Å². The molecule has 1 aliphatic rings. The SMILES string of the molecule is O=C(O)c1cccc(SSc2cccc(C(=O)ON3C(=O)CCC3=O)c2[N+](=O)[O-])c1[N+](=O)[O-]. The van der Waals surface area contributed by atoms with E-state index in [9.17, 15) is 44.5 Å². The molecular formula is C18H11N3O10S2. The molecule has 1 aliphatic heterocycles. The van der Waals surface area contributed by atoms with Crippen molar-refractivity contribution in [1.29, 1.82) is 0 Å². The molecule has 2 aromatic rings. The molecule has 33 heavy (non-hydrogen) atoms. The van der Waals surface area contributed by atoms with E-state index in [-0.39, 0.29) is 27.7 Å². The minimum absolute atomic E-state index is 0.0829. The van der Waals surface area contributed by atoms with Gasteiger partial charge < -0.3 is 9.94 Å². The lowest BCUT2D eigenvalue weighted by Crippen LogP contribution is -2.32. The van der Waals surface area contributed by atoms with Gasteiger partial charge in [0.25, 0.3) is 23.2 Å². The number of carboxylic acid groups (broad SMARTS) is 1. The number of rotatable bonds is 8. The second-order valence-electron chi connectivity index (χ2n) is 6.25. The highest BCUT2D eigenvalue weighted by molar-refractivity contribution is 8.76. The Kier molecular flexibility index (Phi) is 6.93. The number of imide groups is 1. The Morgan fingerprint density at radius 1 is 0.879 bits per heavy atom. The van der Waals surface area contributed by atoms with E-state index in [2.05, 4.69) is 0 Å².